The second-order valence-electron chi connectivity index (χ2n) is 8.10. The molecule has 0 radical (unpaired) electrons. The van der Waals surface area contributed by atoms with Gasteiger partial charge in [0.15, 0.2) is 5.82 Å². The van der Waals surface area contributed by atoms with E-state index >= 15 is 0 Å². The largest absolute Gasteiger partial charge is 0.368 e. The minimum Gasteiger partial charge on any atom is -0.368 e. The van der Waals surface area contributed by atoms with Crippen molar-refractivity contribution in [2.45, 2.75) is 13.8 Å². The molecule has 0 saturated carbocycles. The number of nitrogens with one attached hydrogen (secondary N) is 5. The topological polar surface area (TPSA) is 137 Å². The van der Waals surface area contributed by atoms with Crippen LogP contribution in [0.4, 0.5) is 11.6 Å². The van der Waals surface area contributed by atoms with E-state index in [1.807, 2.05) is 25.1 Å². The number of halogens is 1. The third-order valence-corrected chi connectivity index (χ3v) is 5.68. The van der Waals surface area contributed by atoms with E-state index in [0.29, 0.717) is 54.2 Å². The number of nitrogens with zero attached hydrogens (tertiary/aromatic N) is 3. The summed E-state index contributed by atoms with van der Waals surface area (Å²) in [6.45, 7) is 5.21. The van der Waals surface area contributed by atoms with Crippen molar-refractivity contribution in [2.75, 3.05) is 36.8 Å². The molecule has 0 atom stereocenters. The van der Waals surface area contributed by atoms with Crippen LogP contribution >= 0.6 is 11.6 Å². The van der Waals surface area contributed by atoms with Crippen molar-refractivity contribution in [3.63, 3.8) is 0 Å². The Morgan fingerprint density at radius 1 is 0.917 bits per heavy atom. The van der Waals surface area contributed by atoms with Gasteiger partial charge in [-0.25, -0.2) is 15.0 Å². The number of hydrogen-bond acceptors (Lipinski definition) is 7. The molecular formula is C25H27ClN8O2. The molecule has 36 heavy (non-hydrogen) atoms. The summed E-state index contributed by atoms with van der Waals surface area (Å²) in [4.78, 5) is 40.2. The van der Waals surface area contributed by atoms with E-state index in [2.05, 4.69) is 36.2 Å². The quantitative estimate of drug-likeness (QED) is 0.208. The van der Waals surface area contributed by atoms with E-state index in [-0.39, 0.29) is 11.8 Å². The van der Waals surface area contributed by atoms with E-state index in [1.165, 1.54) is 6.92 Å². The molecular weight excluding hydrogens is 480 g/mol. The standard InChI is InChI=1S/C25H27ClN8O2/c1-15-22(28-10-9-27-16(2)35)33-24(17-3-6-19(26)7-4-17)34-23(15)29-11-12-30-25(36)18-5-8-20-21(13-18)32-14-31-20/h3-8,13-14H,9-12H2,1-2H3,(H,27,35)(H,30,36)(H,31,32)(H2,28,29,33,34). The SMILES string of the molecule is CC(=O)NCCNc1nc(-c2ccc(Cl)cc2)nc(NCCNC(=O)c2ccc3nc[nH]c3c2)c1C. The van der Waals surface area contributed by atoms with Crippen LogP contribution in [0.5, 0.6) is 0 Å². The number of rotatable bonds is 10. The predicted molar refractivity (Wildman–Crippen MR) is 141 cm³/mol. The molecule has 0 unspecified atom stereocenters. The minimum atomic E-state index is -0.171. The summed E-state index contributed by atoms with van der Waals surface area (Å²) in [7, 11) is 0. The van der Waals surface area contributed by atoms with Gasteiger partial charge in [0.05, 0.1) is 17.4 Å². The number of carbonyl (C=O) groups excluding carboxylic acids is 2. The van der Waals surface area contributed by atoms with Crippen molar-refractivity contribution in [1.29, 1.82) is 0 Å². The lowest BCUT2D eigenvalue weighted by Gasteiger charge is -2.16. The summed E-state index contributed by atoms with van der Waals surface area (Å²) < 4.78 is 0. The van der Waals surface area contributed by atoms with Crippen LogP contribution in [0.2, 0.25) is 5.02 Å². The van der Waals surface area contributed by atoms with Crippen LogP contribution in [0.1, 0.15) is 22.8 Å². The molecule has 0 fully saturated rings. The summed E-state index contributed by atoms with van der Waals surface area (Å²) in [5, 5.41) is 12.9. The fourth-order valence-electron chi connectivity index (χ4n) is 3.54. The Hall–Kier alpha value is -4.18. The molecule has 11 heteroatoms. The first kappa shape index (κ1) is 24.9. The highest BCUT2D eigenvalue weighted by Gasteiger charge is 2.13. The van der Waals surface area contributed by atoms with Crippen LogP contribution in [-0.2, 0) is 4.79 Å². The Balaban J connectivity index is 1.43. The van der Waals surface area contributed by atoms with Crippen molar-refractivity contribution in [3.8, 4) is 11.4 Å². The lowest BCUT2D eigenvalue weighted by molar-refractivity contribution is -0.118. The molecule has 2 heterocycles. The van der Waals surface area contributed by atoms with Gasteiger partial charge in [-0.05, 0) is 49.4 Å². The number of aromatic amines is 1. The van der Waals surface area contributed by atoms with Crippen molar-refractivity contribution in [3.05, 3.63) is 64.9 Å². The van der Waals surface area contributed by atoms with E-state index in [9.17, 15) is 9.59 Å². The maximum Gasteiger partial charge on any atom is 0.251 e. The first-order valence-corrected chi connectivity index (χ1v) is 11.9. The molecule has 4 aromatic rings. The smallest absolute Gasteiger partial charge is 0.251 e. The third kappa shape index (κ3) is 6.28. The molecule has 2 amide bonds. The fourth-order valence-corrected chi connectivity index (χ4v) is 3.67. The molecule has 2 aromatic carbocycles. The van der Waals surface area contributed by atoms with Crippen molar-refractivity contribution in [2.24, 2.45) is 0 Å². The average Bonchev–Trinajstić information content (AvgIpc) is 3.34. The Bertz CT molecular complexity index is 1370. The van der Waals surface area contributed by atoms with Crippen LogP contribution in [0.25, 0.3) is 22.4 Å². The molecule has 186 valence electrons. The zero-order chi connectivity index (χ0) is 25.5. The van der Waals surface area contributed by atoms with Gasteiger partial charge in [-0.15, -0.1) is 0 Å². The predicted octanol–water partition coefficient (Wildman–Crippen LogP) is 3.37. The van der Waals surface area contributed by atoms with Crippen LogP contribution in [-0.4, -0.2) is 57.9 Å². The molecule has 0 bridgehead atoms. The van der Waals surface area contributed by atoms with Crippen LogP contribution < -0.4 is 21.3 Å². The summed E-state index contributed by atoms with van der Waals surface area (Å²) in [6, 6.07) is 12.6. The van der Waals surface area contributed by atoms with Crippen molar-refractivity contribution < 1.29 is 9.59 Å². The number of anilines is 2. The number of aromatic nitrogens is 4. The molecule has 5 N–H and O–H groups in total. The number of hydrogen-bond donors (Lipinski definition) is 5. The van der Waals surface area contributed by atoms with E-state index in [1.54, 1.807) is 30.6 Å². The van der Waals surface area contributed by atoms with Crippen molar-refractivity contribution in [1.82, 2.24) is 30.6 Å². The average molecular weight is 507 g/mol. The van der Waals surface area contributed by atoms with Crippen LogP contribution in [0.15, 0.2) is 48.8 Å². The van der Waals surface area contributed by atoms with Gasteiger partial charge in [0, 0.05) is 54.8 Å². The highest BCUT2D eigenvalue weighted by molar-refractivity contribution is 6.30. The Kier molecular flexibility index (Phi) is 7.96. The van der Waals surface area contributed by atoms with Gasteiger partial charge < -0.3 is 26.3 Å². The lowest BCUT2D eigenvalue weighted by atomic mass is 10.2. The van der Waals surface area contributed by atoms with E-state index < -0.39 is 0 Å². The third-order valence-electron chi connectivity index (χ3n) is 5.43. The molecule has 10 nitrogen and oxygen atoms in total. The van der Waals surface area contributed by atoms with Gasteiger partial charge in [0.1, 0.15) is 11.6 Å². The van der Waals surface area contributed by atoms with Crippen LogP contribution in [0.3, 0.4) is 0 Å². The summed E-state index contributed by atoms with van der Waals surface area (Å²) >= 11 is 6.03. The molecule has 0 aliphatic rings. The van der Waals surface area contributed by atoms with Gasteiger partial charge in [0.2, 0.25) is 5.91 Å². The zero-order valence-corrected chi connectivity index (χ0v) is 20.7. The fraction of sp³-hybridized carbons (Fsp3) is 0.240. The van der Waals surface area contributed by atoms with E-state index in [0.717, 1.165) is 22.2 Å². The molecule has 2 aromatic heterocycles. The number of amides is 2. The minimum absolute atomic E-state index is 0.0908. The van der Waals surface area contributed by atoms with Gasteiger partial charge in [-0.3, -0.25) is 9.59 Å². The van der Waals surface area contributed by atoms with Gasteiger partial charge in [0.25, 0.3) is 5.91 Å². The molecule has 0 aliphatic carbocycles. The lowest BCUT2D eigenvalue weighted by Crippen LogP contribution is -2.29. The maximum absolute atomic E-state index is 12.6. The van der Waals surface area contributed by atoms with E-state index in [4.69, 9.17) is 16.6 Å². The normalized spacial score (nSPS) is 10.8. The molecule has 0 aliphatic heterocycles. The number of H-pyrrole nitrogens is 1. The van der Waals surface area contributed by atoms with Gasteiger partial charge in [-0.2, -0.15) is 0 Å². The monoisotopic (exact) mass is 506 g/mol. The highest BCUT2D eigenvalue weighted by Crippen LogP contribution is 2.26. The zero-order valence-electron chi connectivity index (χ0n) is 20.0. The van der Waals surface area contributed by atoms with Crippen molar-refractivity contribution >= 4 is 46.1 Å². The second-order valence-corrected chi connectivity index (χ2v) is 8.54. The first-order valence-electron chi connectivity index (χ1n) is 11.5. The second kappa shape index (κ2) is 11.5. The molecule has 0 spiro atoms. The Morgan fingerprint density at radius 2 is 1.58 bits per heavy atom. The summed E-state index contributed by atoms with van der Waals surface area (Å²) in [5.74, 6) is 1.56. The Morgan fingerprint density at radius 3 is 2.25 bits per heavy atom. The van der Waals surface area contributed by atoms with Gasteiger partial charge in [-0.1, -0.05) is 11.6 Å². The Labute approximate surface area is 213 Å². The number of benzene rings is 2. The number of imidazole rings is 1. The molecule has 4 rings (SSSR count). The number of carbonyl (C=O) groups is 2. The summed E-state index contributed by atoms with van der Waals surface area (Å²) in [5.41, 5.74) is 3.82. The number of fused-ring (bicyclic) bond motifs is 1. The maximum atomic E-state index is 12.6. The van der Waals surface area contributed by atoms with Gasteiger partial charge >= 0.3 is 0 Å². The molecule has 0 saturated heterocycles. The first-order chi connectivity index (χ1) is 17.4. The summed E-state index contributed by atoms with van der Waals surface area (Å²) in [6.07, 6.45) is 1.60. The highest BCUT2D eigenvalue weighted by atomic mass is 35.5. The van der Waals surface area contributed by atoms with Crippen LogP contribution in [0, 0.1) is 6.92 Å².